The molecule has 0 unspecified atom stereocenters. The van der Waals surface area contributed by atoms with Gasteiger partial charge in [-0.05, 0) is 59.7 Å². The summed E-state index contributed by atoms with van der Waals surface area (Å²) in [4.78, 5) is 0. The van der Waals surface area contributed by atoms with Gasteiger partial charge in [0.25, 0.3) is 0 Å². The molecule has 10 heteroatoms. The zero-order valence-electron chi connectivity index (χ0n) is 17.1. The molecule has 0 aliphatic heterocycles. The molecule has 0 aliphatic carbocycles. The van der Waals surface area contributed by atoms with Crippen molar-refractivity contribution in [3.05, 3.63) is 72.3 Å². The normalized spacial score (nSPS) is 9.00. The molecule has 0 N–H and O–H groups in total. The molecular formula is C19H22CrN6O3. The van der Waals surface area contributed by atoms with Crippen molar-refractivity contribution in [3.63, 3.8) is 0 Å². The van der Waals surface area contributed by atoms with Crippen molar-refractivity contribution in [1.29, 1.82) is 0 Å². The molecule has 9 nitrogen and oxygen atoms in total. The quantitative estimate of drug-likeness (QED) is 0.466. The Kier molecular flexibility index (Phi) is 13.4. The fourth-order valence-corrected chi connectivity index (χ4v) is 2.95. The largest absolute Gasteiger partial charge is 0 e. The fraction of sp³-hybridized carbons (Fsp3) is 0.368. The van der Waals surface area contributed by atoms with Gasteiger partial charge in [-0.3, -0.25) is 0 Å². The minimum absolute atomic E-state index is 0. The van der Waals surface area contributed by atoms with Crippen LogP contribution in [0.5, 0.6) is 0 Å². The van der Waals surface area contributed by atoms with Gasteiger partial charge in [-0.15, -0.1) is 0 Å². The van der Waals surface area contributed by atoms with Crippen LogP contribution in [0.4, 0.5) is 0 Å². The molecule has 152 valence electrons. The van der Waals surface area contributed by atoms with Gasteiger partial charge in [0, 0.05) is 34.4 Å². The molecule has 3 aromatic rings. The molecule has 0 aromatic carbocycles. The van der Waals surface area contributed by atoms with Crippen LogP contribution in [0.3, 0.4) is 0 Å². The summed E-state index contributed by atoms with van der Waals surface area (Å²) < 4.78 is 28.4. The minimum atomic E-state index is -0.226. The summed E-state index contributed by atoms with van der Waals surface area (Å²) in [6.45, 7) is 25.7. The molecule has 0 saturated heterocycles. The third-order valence-corrected chi connectivity index (χ3v) is 3.79. The van der Waals surface area contributed by atoms with E-state index in [2.05, 4.69) is 74.2 Å². The molecule has 0 amide bonds. The van der Waals surface area contributed by atoms with Crippen LogP contribution >= 0.6 is 0 Å². The van der Waals surface area contributed by atoms with Crippen LogP contribution < -0.4 is 0 Å². The van der Waals surface area contributed by atoms with Crippen molar-refractivity contribution in [1.82, 2.24) is 29.3 Å². The Labute approximate surface area is 181 Å². The van der Waals surface area contributed by atoms with Crippen LogP contribution in [0.1, 0.15) is 40.5 Å². The third kappa shape index (κ3) is 6.74. The predicted molar refractivity (Wildman–Crippen MR) is 96.7 cm³/mol. The van der Waals surface area contributed by atoms with Crippen LogP contribution in [0.15, 0.2) is 18.2 Å². The average Bonchev–Trinajstić information content (AvgIpc) is 3.31. The van der Waals surface area contributed by atoms with Crippen molar-refractivity contribution in [2.75, 3.05) is 0 Å². The van der Waals surface area contributed by atoms with Gasteiger partial charge in [0.15, 0.2) is 0 Å². The summed E-state index contributed by atoms with van der Waals surface area (Å²) in [7, 11) is 0. The Morgan fingerprint density at radius 2 is 0.793 bits per heavy atom. The first-order chi connectivity index (χ1) is 13.4. The Balaban J connectivity index is 0. The molecule has 0 saturated carbocycles. The van der Waals surface area contributed by atoms with E-state index in [4.69, 9.17) is 14.0 Å². The minimum Gasteiger partial charge on any atom is 0 e. The summed E-state index contributed by atoms with van der Waals surface area (Å²) in [5.41, 5.74) is 6.23. The van der Waals surface area contributed by atoms with E-state index in [1.165, 1.54) is 0 Å². The topological polar surface area (TPSA) is 113 Å². The van der Waals surface area contributed by atoms with Crippen LogP contribution in [-0.2, 0) is 31.3 Å². The molecule has 0 aliphatic rings. The predicted octanol–water partition coefficient (Wildman–Crippen LogP) is 2.56. The second kappa shape index (κ2) is 13.5. The van der Waals surface area contributed by atoms with Gasteiger partial charge >= 0.3 is 33.9 Å². The van der Waals surface area contributed by atoms with Crippen LogP contribution in [0.2, 0.25) is 0 Å². The molecule has 0 fully saturated rings. The molecule has 29 heavy (non-hydrogen) atoms. The Hall–Kier alpha value is -2.62. The van der Waals surface area contributed by atoms with E-state index in [-0.39, 0.29) is 23.7 Å². The molecule has 3 rings (SSSR count). The maximum Gasteiger partial charge on any atom is 0 e. The summed E-state index contributed by atoms with van der Waals surface area (Å²) in [5, 5.41) is 14.0. The summed E-state index contributed by atoms with van der Waals surface area (Å²) in [5.74, 6) is 0. The molecule has 3 aromatic heterocycles. The Bertz CT molecular complexity index is 840. The van der Waals surface area contributed by atoms with Gasteiger partial charge in [0.1, 0.15) is 0 Å². The number of rotatable bonds is 3. The third-order valence-electron chi connectivity index (χ3n) is 3.79. The molecule has 0 atom stereocenters. The number of aryl methyl sites for hydroxylation is 6. The van der Waals surface area contributed by atoms with Crippen LogP contribution in [0, 0.1) is 61.5 Å². The van der Waals surface area contributed by atoms with Gasteiger partial charge in [-0.1, -0.05) is 0 Å². The zero-order chi connectivity index (χ0) is 22.0. The standard InChI is InChI=1S/C16H22N6.3CO.Cr/c1-10-7-13(4)20(17-10)16(21-14(5)8-11(2)18-21)22-15(6)9-12(3)19-22;3*1-2;/h7-9,16H,1-6H3;;;;. The first-order valence-corrected chi connectivity index (χ1v) is 8.06. The Morgan fingerprint density at radius 1 is 0.586 bits per heavy atom. The van der Waals surface area contributed by atoms with E-state index < -0.39 is 0 Å². The second-order valence-corrected chi connectivity index (χ2v) is 5.96. The fourth-order valence-electron chi connectivity index (χ4n) is 2.95. The maximum atomic E-state index is 7.50. The van der Waals surface area contributed by atoms with E-state index in [1.807, 2.05) is 34.8 Å². The SMILES string of the molecule is Cc1cc(C)n(C(n2nc(C)cc2C)n2nc(C)cc2C)n1.[C-]#[O+].[C-]#[O+].[C-]#[O+].[Cr]. The van der Waals surface area contributed by atoms with E-state index in [9.17, 15) is 0 Å². The van der Waals surface area contributed by atoms with Gasteiger partial charge < -0.3 is 0 Å². The first kappa shape index (κ1) is 28.6. The van der Waals surface area contributed by atoms with Gasteiger partial charge in [0.2, 0.25) is 6.29 Å². The van der Waals surface area contributed by atoms with Crippen LogP contribution in [-0.4, -0.2) is 29.3 Å². The summed E-state index contributed by atoms with van der Waals surface area (Å²) in [6.07, 6.45) is -0.226. The number of hydrogen-bond acceptors (Lipinski definition) is 3. The molecule has 0 bridgehead atoms. The number of aromatic nitrogens is 6. The van der Waals surface area contributed by atoms with Crippen molar-refractivity contribution in [2.45, 2.75) is 47.8 Å². The van der Waals surface area contributed by atoms with E-state index >= 15 is 0 Å². The van der Waals surface area contributed by atoms with Crippen molar-refractivity contribution in [3.8, 4) is 0 Å². The number of nitrogens with zero attached hydrogens (tertiary/aromatic N) is 6. The second-order valence-electron chi connectivity index (χ2n) is 5.96. The van der Waals surface area contributed by atoms with Crippen LogP contribution in [0.25, 0.3) is 0 Å². The van der Waals surface area contributed by atoms with Crippen molar-refractivity contribution < 1.29 is 31.3 Å². The van der Waals surface area contributed by atoms with Crippen molar-refractivity contribution in [2.24, 2.45) is 0 Å². The molecule has 3 heterocycles. The average molecular weight is 434 g/mol. The van der Waals surface area contributed by atoms with Gasteiger partial charge in [-0.2, -0.15) is 15.3 Å². The molecule has 0 radical (unpaired) electrons. The zero-order valence-corrected chi connectivity index (χ0v) is 18.4. The van der Waals surface area contributed by atoms with Gasteiger partial charge in [-0.25, -0.2) is 14.0 Å². The maximum absolute atomic E-state index is 7.50. The first-order valence-electron chi connectivity index (χ1n) is 8.06. The van der Waals surface area contributed by atoms with Gasteiger partial charge in [0.05, 0.1) is 17.1 Å². The van der Waals surface area contributed by atoms with E-state index in [0.29, 0.717) is 0 Å². The van der Waals surface area contributed by atoms with Crippen molar-refractivity contribution >= 4 is 0 Å². The number of hydrogen-bond donors (Lipinski definition) is 0. The smallest absolute Gasteiger partial charge is 0 e. The molecule has 0 spiro atoms. The van der Waals surface area contributed by atoms with E-state index in [1.54, 1.807) is 0 Å². The Morgan fingerprint density at radius 3 is 0.931 bits per heavy atom. The molecular weight excluding hydrogens is 412 g/mol. The summed E-state index contributed by atoms with van der Waals surface area (Å²) in [6, 6.07) is 6.22. The monoisotopic (exact) mass is 434 g/mol. The van der Waals surface area contributed by atoms with E-state index in [0.717, 1.165) is 34.2 Å². The summed E-state index contributed by atoms with van der Waals surface area (Å²) >= 11 is 0.